The molecule has 3 saturated carbocycles. The summed E-state index contributed by atoms with van der Waals surface area (Å²) in [4.78, 5) is 0. The first-order chi connectivity index (χ1) is 15.6. The van der Waals surface area contributed by atoms with Crippen molar-refractivity contribution in [3.63, 3.8) is 0 Å². The van der Waals surface area contributed by atoms with Crippen molar-refractivity contribution in [2.75, 3.05) is 7.11 Å². The van der Waals surface area contributed by atoms with Crippen LogP contribution >= 0.6 is 0 Å². The molecular weight excluding hydrogens is 416 g/mol. The third-order valence-corrected chi connectivity index (χ3v) is 12.0. The van der Waals surface area contributed by atoms with Gasteiger partial charge in [0.25, 0.3) is 0 Å². The summed E-state index contributed by atoms with van der Waals surface area (Å²) in [5.41, 5.74) is 3.50. The van der Waals surface area contributed by atoms with Crippen molar-refractivity contribution in [2.45, 2.75) is 112 Å². The maximum atomic E-state index is 10.9. The Bertz CT molecular complexity index is 877. The van der Waals surface area contributed by atoms with E-state index in [2.05, 4.69) is 80.2 Å². The number of ether oxygens (including phenoxy) is 1. The third-order valence-electron chi connectivity index (χ3n) is 12.0. The zero-order valence-corrected chi connectivity index (χ0v) is 23.6. The van der Waals surface area contributed by atoms with Gasteiger partial charge in [-0.05, 0) is 104 Å². The number of rotatable bonds is 5. The van der Waals surface area contributed by atoms with Crippen LogP contribution in [-0.2, 0) is 4.74 Å². The lowest BCUT2D eigenvalue weighted by molar-refractivity contribution is -0.115. The highest BCUT2D eigenvalue weighted by molar-refractivity contribution is 5.42. The van der Waals surface area contributed by atoms with Gasteiger partial charge in [-0.25, -0.2) is 0 Å². The van der Waals surface area contributed by atoms with Gasteiger partial charge in [0.15, 0.2) is 0 Å². The molecule has 0 aromatic rings. The van der Waals surface area contributed by atoms with E-state index in [1.807, 2.05) is 0 Å². The lowest BCUT2D eigenvalue weighted by Gasteiger charge is -2.64. The Morgan fingerprint density at radius 1 is 1.12 bits per heavy atom. The molecule has 0 bridgehead atoms. The van der Waals surface area contributed by atoms with Crippen LogP contribution in [0.2, 0.25) is 0 Å². The normalized spacial score (nSPS) is 44.9. The van der Waals surface area contributed by atoms with Crippen LogP contribution < -0.4 is 0 Å². The number of methoxy groups -OCH3 is 1. The van der Waals surface area contributed by atoms with Gasteiger partial charge in [0.2, 0.25) is 0 Å². The van der Waals surface area contributed by atoms with Crippen LogP contribution in [0.15, 0.2) is 36.0 Å². The minimum Gasteiger partial charge on any atom is -0.393 e. The summed E-state index contributed by atoms with van der Waals surface area (Å²) < 4.78 is 5.59. The maximum Gasteiger partial charge on any atom is 0.0802 e. The van der Waals surface area contributed by atoms with Gasteiger partial charge in [-0.1, -0.05) is 77.5 Å². The van der Waals surface area contributed by atoms with Gasteiger partial charge in [-0.2, -0.15) is 0 Å². The van der Waals surface area contributed by atoms with Crippen molar-refractivity contribution in [3.8, 4) is 0 Å². The van der Waals surface area contributed by atoms with Crippen LogP contribution in [-0.4, -0.2) is 23.9 Å². The van der Waals surface area contributed by atoms with Crippen LogP contribution in [0, 0.1) is 45.3 Å². The first-order valence-electron chi connectivity index (χ1n) is 14.0. The molecule has 0 saturated heterocycles. The molecule has 4 aliphatic rings. The van der Waals surface area contributed by atoms with Crippen molar-refractivity contribution in [1.29, 1.82) is 0 Å². The van der Waals surface area contributed by atoms with E-state index in [1.54, 1.807) is 12.7 Å². The molecule has 0 amide bonds. The summed E-state index contributed by atoms with van der Waals surface area (Å²) in [6.45, 7) is 23.7. The molecule has 8 atom stereocenters. The summed E-state index contributed by atoms with van der Waals surface area (Å²) in [6, 6.07) is 0. The molecule has 0 aromatic heterocycles. The highest BCUT2D eigenvalue weighted by atomic mass is 16.5. The number of hydrogen-bond acceptors (Lipinski definition) is 2. The van der Waals surface area contributed by atoms with Gasteiger partial charge < -0.3 is 9.84 Å². The zero-order chi connectivity index (χ0) is 25.3. The van der Waals surface area contributed by atoms with E-state index in [9.17, 15) is 5.11 Å². The highest BCUT2D eigenvalue weighted by Gasteiger charge is 2.65. The summed E-state index contributed by atoms with van der Waals surface area (Å²) in [5, 5.41) is 10.9. The van der Waals surface area contributed by atoms with Crippen LogP contribution in [0.1, 0.15) is 100 Å². The largest absolute Gasteiger partial charge is 0.393 e. The second-order valence-corrected chi connectivity index (χ2v) is 14.4. The quantitative estimate of drug-likeness (QED) is 0.413. The SMILES string of the molecule is C=C1C=C2[C@H](CC[C@@]3(C)[C@H]([C@@H](C)C/C=C/C(C)(C)OC)CC[C@]23C)[C@@]2(C)CC[C@H](O)C(C)(C)[C@H]12. The Morgan fingerprint density at radius 2 is 1.79 bits per heavy atom. The molecule has 4 rings (SSSR count). The number of allylic oxidation sites excluding steroid dienone is 4. The Labute approximate surface area is 210 Å². The Kier molecular flexibility index (Phi) is 6.43. The van der Waals surface area contributed by atoms with Crippen LogP contribution in [0.25, 0.3) is 0 Å². The lowest BCUT2D eigenvalue weighted by Crippen LogP contribution is -2.58. The molecule has 0 spiro atoms. The van der Waals surface area contributed by atoms with E-state index >= 15 is 0 Å². The fraction of sp³-hybridized carbons (Fsp3) is 0.812. The molecular formula is C32H52O2. The fourth-order valence-corrected chi connectivity index (χ4v) is 9.60. The minimum absolute atomic E-state index is 0.108. The summed E-state index contributed by atoms with van der Waals surface area (Å²) in [5.74, 6) is 2.42. The van der Waals surface area contributed by atoms with E-state index in [-0.39, 0.29) is 27.9 Å². The van der Waals surface area contributed by atoms with Gasteiger partial charge in [-0.15, -0.1) is 0 Å². The number of fused-ring (bicyclic) bond motifs is 5. The second kappa shape index (κ2) is 8.34. The van der Waals surface area contributed by atoms with Crippen LogP contribution in [0.5, 0.6) is 0 Å². The van der Waals surface area contributed by atoms with E-state index in [1.165, 1.54) is 31.3 Å². The van der Waals surface area contributed by atoms with E-state index in [0.717, 1.165) is 25.2 Å². The average Bonchev–Trinajstić information content (AvgIpc) is 3.02. The average molecular weight is 469 g/mol. The molecule has 34 heavy (non-hydrogen) atoms. The standard InChI is InChI=1S/C32H52O2/c1-21(12-11-16-28(3,4)34-10)23-13-18-32(9)25-20-22(2)27-29(5,6)26(33)15-17-30(27,7)24(25)14-19-31(23,32)8/h11,16,20-21,23-24,26-27,33H,2,12-15,17-19H2,1,3-10H3/b16-11+/t21-,23-,24-,26-,27-,30+,31-,32+/m0/s1. The second-order valence-electron chi connectivity index (χ2n) is 14.4. The molecule has 0 heterocycles. The molecule has 0 aliphatic heterocycles. The highest BCUT2D eigenvalue weighted by Crippen LogP contribution is 2.73. The summed E-state index contributed by atoms with van der Waals surface area (Å²) >= 11 is 0. The molecule has 2 nitrogen and oxygen atoms in total. The predicted octanol–water partition coefficient (Wildman–Crippen LogP) is 8.13. The lowest BCUT2D eigenvalue weighted by atomic mass is 9.40. The van der Waals surface area contributed by atoms with Gasteiger partial charge in [0.05, 0.1) is 11.7 Å². The first-order valence-corrected chi connectivity index (χ1v) is 14.0. The predicted molar refractivity (Wildman–Crippen MR) is 144 cm³/mol. The van der Waals surface area contributed by atoms with Gasteiger partial charge in [-0.3, -0.25) is 0 Å². The van der Waals surface area contributed by atoms with Crippen molar-refractivity contribution in [2.24, 2.45) is 45.3 Å². The van der Waals surface area contributed by atoms with Crippen molar-refractivity contribution in [1.82, 2.24) is 0 Å². The molecule has 2 heteroatoms. The third kappa shape index (κ3) is 3.64. The first kappa shape index (κ1) is 26.2. The summed E-state index contributed by atoms with van der Waals surface area (Å²) in [7, 11) is 1.79. The molecule has 4 aliphatic carbocycles. The Morgan fingerprint density at radius 3 is 2.44 bits per heavy atom. The summed E-state index contributed by atoms with van der Waals surface area (Å²) in [6.07, 6.45) is 15.3. The zero-order valence-electron chi connectivity index (χ0n) is 23.6. The van der Waals surface area contributed by atoms with E-state index in [0.29, 0.717) is 23.2 Å². The maximum absolute atomic E-state index is 10.9. The Hall–Kier alpha value is -0.860. The minimum atomic E-state index is -0.227. The molecule has 0 aromatic carbocycles. The monoisotopic (exact) mass is 468 g/mol. The number of aliphatic hydroxyl groups is 1. The topological polar surface area (TPSA) is 29.5 Å². The number of aliphatic hydroxyl groups excluding tert-OH is 1. The van der Waals surface area contributed by atoms with Gasteiger partial charge >= 0.3 is 0 Å². The van der Waals surface area contributed by atoms with Crippen LogP contribution in [0.4, 0.5) is 0 Å². The van der Waals surface area contributed by atoms with Gasteiger partial charge in [0, 0.05) is 7.11 Å². The molecule has 0 radical (unpaired) electrons. The number of hydrogen-bond donors (Lipinski definition) is 1. The van der Waals surface area contributed by atoms with Crippen molar-refractivity contribution >= 4 is 0 Å². The van der Waals surface area contributed by atoms with Crippen LogP contribution in [0.3, 0.4) is 0 Å². The van der Waals surface area contributed by atoms with Crippen molar-refractivity contribution in [3.05, 3.63) is 36.0 Å². The van der Waals surface area contributed by atoms with E-state index in [4.69, 9.17) is 4.74 Å². The molecule has 1 N–H and O–H groups in total. The van der Waals surface area contributed by atoms with Crippen molar-refractivity contribution < 1.29 is 9.84 Å². The van der Waals surface area contributed by atoms with Gasteiger partial charge in [0.1, 0.15) is 0 Å². The smallest absolute Gasteiger partial charge is 0.0802 e. The molecule has 192 valence electrons. The molecule has 0 unspecified atom stereocenters. The Balaban J connectivity index is 1.64. The van der Waals surface area contributed by atoms with E-state index < -0.39 is 0 Å². The fourth-order valence-electron chi connectivity index (χ4n) is 9.60. The molecule has 3 fully saturated rings.